The first-order chi connectivity index (χ1) is 16.8. The van der Waals surface area contributed by atoms with E-state index in [-0.39, 0.29) is 11.7 Å². The van der Waals surface area contributed by atoms with Crippen molar-refractivity contribution in [1.82, 2.24) is 5.32 Å². The van der Waals surface area contributed by atoms with Gasteiger partial charge in [0.05, 0.1) is 5.56 Å². The van der Waals surface area contributed by atoms with Crippen LogP contribution < -0.4 is 5.32 Å². The zero-order chi connectivity index (χ0) is 24.5. The summed E-state index contributed by atoms with van der Waals surface area (Å²) >= 11 is 0. The van der Waals surface area contributed by atoms with Crippen molar-refractivity contribution >= 4 is 5.91 Å². The monoisotopic (exact) mass is 473 g/mol. The third-order valence-corrected chi connectivity index (χ3v) is 6.96. The molecule has 34 heavy (non-hydrogen) atoms. The number of hydrogen-bond acceptors (Lipinski definition) is 2. The summed E-state index contributed by atoms with van der Waals surface area (Å²) in [6.45, 7) is 2.98. The van der Waals surface area contributed by atoms with Gasteiger partial charge in [-0.3, -0.25) is 4.79 Å². The first-order valence-electron chi connectivity index (χ1n) is 14.8. The number of phenols is 1. The molecule has 1 rings (SSSR count). The summed E-state index contributed by atoms with van der Waals surface area (Å²) in [5.74, 6) is -0.129. The Balaban J connectivity index is 1.72. The second-order valence-electron chi connectivity index (χ2n) is 10.2. The number of hydrogen-bond donors (Lipinski definition) is 2. The average Bonchev–Trinajstić information content (AvgIpc) is 2.84. The maximum atomic E-state index is 12.0. The Kier molecular flexibility index (Phi) is 20.9. The van der Waals surface area contributed by atoms with Crippen LogP contribution in [0.1, 0.15) is 159 Å². The molecule has 0 aliphatic rings. The van der Waals surface area contributed by atoms with Gasteiger partial charge in [-0.05, 0) is 18.6 Å². The Hall–Kier alpha value is -1.51. The van der Waals surface area contributed by atoms with E-state index in [1.165, 1.54) is 135 Å². The van der Waals surface area contributed by atoms with Gasteiger partial charge in [0.2, 0.25) is 0 Å². The molecule has 0 saturated carbocycles. The molecule has 0 bridgehead atoms. The van der Waals surface area contributed by atoms with E-state index in [0.29, 0.717) is 12.1 Å². The van der Waals surface area contributed by atoms with Crippen molar-refractivity contribution in [2.75, 3.05) is 6.54 Å². The Morgan fingerprint density at radius 2 is 0.941 bits per heavy atom. The molecule has 0 heterocycles. The quantitative estimate of drug-likeness (QED) is 0.147. The van der Waals surface area contributed by atoms with Crippen LogP contribution in [-0.4, -0.2) is 17.6 Å². The van der Waals surface area contributed by atoms with E-state index in [2.05, 4.69) is 12.2 Å². The normalized spacial score (nSPS) is 11.1. The first-order valence-corrected chi connectivity index (χ1v) is 14.8. The summed E-state index contributed by atoms with van der Waals surface area (Å²) in [5.41, 5.74) is 0.362. The molecule has 0 atom stereocenters. The fraction of sp³-hybridized carbons (Fsp3) is 0.774. The number of unbranched alkanes of at least 4 members (excludes halogenated alkanes) is 21. The highest BCUT2D eigenvalue weighted by Crippen LogP contribution is 2.16. The van der Waals surface area contributed by atoms with Gasteiger partial charge in [0.15, 0.2) is 0 Å². The molecule has 3 nitrogen and oxygen atoms in total. The van der Waals surface area contributed by atoms with Crippen LogP contribution in [0.25, 0.3) is 0 Å². The van der Waals surface area contributed by atoms with Crippen LogP contribution >= 0.6 is 0 Å². The van der Waals surface area contributed by atoms with Gasteiger partial charge in [0.25, 0.3) is 5.91 Å². The Morgan fingerprint density at radius 3 is 1.32 bits per heavy atom. The SMILES string of the molecule is CCCCCCCCCCCCCCCCCCCCCCCCNC(=O)c1ccccc1O. The van der Waals surface area contributed by atoms with Crippen LogP contribution in [0.3, 0.4) is 0 Å². The second kappa shape index (κ2) is 23.2. The molecule has 0 fully saturated rings. The predicted octanol–water partition coefficient (Wildman–Crippen LogP) is 9.72. The molecule has 196 valence electrons. The van der Waals surface area contributed by atoms with E-state index >= 15 is 0 Å². The molecule has 0 unspecified atom stereocenters. The van der Waals surface area contributed by atoms with Crippen LogP contribution in [0.4, 0.5) is 0 Å². The smallest absolute Gasteiger partial charge is 0.255 e. The van der Waals surface area contributed by atoms with E-state index in [1.54, 1.807) is 24.3 Å². The van der Waals surface area contributed by atoms with E-state index < -0.39 is 0 Å². The molecule has 1 amide bonds. The van der Waals surface area contributed by atoms with Crippen molar-refractivity contribution < 1.29 is 9.90 Å². The molecule has 0 radical (unpaired) electrons. The lowest BCUT2D eigenvalue weighted by atomic mass is 10.0. The van der Waals surface area contributed by atoms with Crippen molar-refractivity contribution in [3.05, 3.63) is 29.8 Å². The fourth-order valence-electron chi connectivity index (χ4n) is 4.70. The zero-order valence-corrected chi connectivity index (χ0v) is 22.4. The van der Waals surface area contributed by atoms with Crippen LogP contribution in [0.2, 0.25) is 0 Å². The summed E-state index contributed by atoms with van der Waals surface area (Å²) in [4.78, 5) is 12.0. The van der Waals surface area contributed by atoms with Crippen molar-refractivity contribution in [3.8, 4) is 5.75 Å². The van der Waals surface area contributed by atoms with Crippen molar-refractivity contribution in [3.63, 3.8) is 0 Å². The van der Waals surface area contributed by atoms with E-state index in [4.69, 9.17) is 0 Å². The van der Waals surface area contributed by atoms with Gasteiger partial charge in [-0.1, -0.05) is 154 Å². The lowest BCUT2D eigenvalue weighted by Crippen LogP contribution is -2.24. The highest BCUT2D eigenvalue weighted by Gasteiger charge is 2.08. The van der Waals surface area contributed by atoms with Crippen LogP contribution in [0.5, 0.6) is 5.75 Å². The minimum atomic E-state index is -0.179. The molecule has 0 spiro atoms. The second-order valence-corrected chi connectivity index (χ2v) is 10.2. The first kappa shape index (κ1) is 30.5. The average molecular weight is 474 g/mol. The van der Waals surface area contributed by atoms with Gasteiger partial charge in [0.1, 0.15) is 5.75 Å². The Morgan fingerprint density at radius 1 is 0.588 bits per heavy atom. The molecule has 1 aromatic carbocycles. The van der Waals surface area contributed by atoms with Gasteiger partial charge >= 0.3 is 0 Å². The third kappa shape index (κ3) is 17.9. The van der Waals surface area contributed by atoms with Gasteiger partial charge in [-0.2, -0.15) is 0 Å². The highest BCUT2D eigenvalue weighted by atomic mass is 16.3. The standard InChI is InChI=1S/C31H55NO2/c1-2-3-4-5-6-7-8-9-10-11-12-13-14-15-16-17-18-19-20-21-22-25-28-32-31(34)29-26-23-24-27-30(29)33/h23-24,26-27,33H,2-22,25,28H2,1H3,(H,32,34). The maximum Gasteiger partial charge on any atom is 0.255 e. The Labute approximate surface area is 211 Å². The molecule has 0 aliphatic heterocycles. The van der Waals surface area contributed by atoms with Crippen molar-refractivity contribution in [2.45, 2.75) is 148 Å². The largest absolute Gasteiger partial charge is 0.507 e. The summed E-state index contributed by atoms with van der Waals surface area (Å²) in [6.07, 6.45) is 30.5. The lowest BCUT2D eigenvalue weighted by molar-refractivity contribution is 0.0950. The molecule has 2 N–H and O–H groups in total. The highest BCUT2D eigenvalue weighted by molar-refractivity contribution is 5.96. The summed E-state index contributed by atoms with van der Waals surface area (Å²) < 4.78 is 0. The summed E-state index contributed by atoms with van der Waals surface area (Å²) in [6, 6.07) is 6.71. The van der Waals surface area contributed by atoms with Gasteiger partial charge in [-0.15, -0.1) is 0 Å². The van der Waals surface area contributed by atoms with Gasteiger partial charge < -0.3 is 10.4 Å². The topological polar surface area (TPSA) is 49.3 Å². The van der Waals surface area contributed by atoms with Crippen LogP contribution in [-0.2, 0) is 0 Å². The van der Waals surface area contributed by atoms with Crippen molar-refractivity contribution in [2.24, 2.45) is 0 Å². The Bertz CT molecular complexity index is 587. The van der Waals surface area contributed by atoms with Gasteiger partial charge in [0, 0.05) is 6.54 Å². The summed E-state index contributed by atoms with van der Waals surface area (Å²) in [5, 5.41) is 12.6. The molecule has 0 saturated heterocycles. The molecule has 0 aliphatic carbocycles. The predicted molar refractivity (Wildman–Crippen MR) is 148 cm³/mol. The number of phenolic OH excluding ortho intramolecular Hbond substituents is 1. The molecule has 3 heteroatoms. The van der Waals surface area contributed by atoms with E-state index in [9.17, 15) is 9.90 Å². The molecular formula is C31H55NO2. The number of amides is 1. The number of para-hydroxylation sites is 1. The molecule has 0 aromatic heterocycles. The maximum absolute atomic E-state index is 12.0. The lowest BCUT2D eigenvalue weighted by Gasteiger charge is -2.07. The van der Waals surface area contributed by atoms with Gasteiger partial charge in [-0.25, -0.2) is 0 Å². The minimum Gasteiger partial charge on any atom is -0.507 e. The van der Waals surface area contributed by atoms with E-state index in [0.717, 1.165) is 6.42 Å². The van der Waals surface area contributed by atoms with E-state index in [1.807, 2.05) is 0 Å². The number of carbonyl (C=O) groups is 1. The van der Waals surface area contributed by atoms with Crippen LogP contribution in [0, 0.1) is 0 Å². The number of benzene rings is 1. The zero-order valence-electron chi connectivity index (χ0n) is 22.4. The molecular weight excluding hydrogens is 418 g/mol. The van der Waals surface area contributed by atoms with Crippen molar-refractivity contribution in [1.29, 1.82) is 0 Å². The number of aromatic hydroxyl groups is 1. The number of carbonyl (C=O) groups excluding carboxylic acids is 1. The molecule has 1 aromatic rings. The fourth-order valence-corrected chi connectivity index (χ4v) is 4.70. The summed E-state index contributed by atoms with van der Waals surface area (Å²) in [7, 11) is 0. The number of rotatable bonds is 24. The number of nitrogens with one attached hydrogen (secondary N) is 1. The minimum absolute atomic E-state index is 0.0501. The third-order valence-electron chi connectivity index (χ3n) is 6.96. The van der Waals surface area contributed by atoms with Crippen LogP contribution in [0.15, 0.2) is 24.3 Å².